The van der Waals surface area contributed by atoms with E-state index in [1.165, 1.54) is 12.8 Å². The van der Waals surface area contributed by atoms with Gasteiger partial charge in [0.15, 0.2) is 0 Å². The van der Waals surface area contributed by atoms with Gasteiger partial charge in [0, 0.05) is 24.7 Å². The van der Waals surface area contributed by atoms with E-state index in [2.05, 4.69) is 4.98 Å². The van der Waals surface area contributed by atoms with Crippen molar-refractivity contribution in [3.8, 4) is 0 Å². The fourth-order valence-corrected chi connectivity index (χ4v) is 4.28. The van der Waals surface area contributed by atoms with Gasteiger partial charge in [-0.05, 0) is 63.5 Å². The van der Waals surface area contributed by atoms with Gasteiger partial charge in [-0.25, -0.2) is 0 Å². The summed E-state index contributed by atoms with van der Waals surface area (Å²) >= 11 is 0. The average Bonchev–Trinajstić information content (AvgIpc) is 3.37. The lowest BCUT2D eigenvalue weighted by molar-refractivity contribution is -0.130. The Morgan fingerprint density at radius 3 is 2.42 bits per heavy atom. The number of nitrogens with zero attached hydrogens (tertiary/aromatic N) is 2. The molecular formula is C20H27N3O3. The van der Waals surface area contributed by atoms with Crippen LogP contribution >= 0.6 is 0 Å². The van der Waals surface area contributed by atoms with E-state index in [4.69, 9.17) is 10.5 Å². The van der Waals surface area contributed by atoms with Crippen LogP contribution in [0.4, 0.5) is 0 Å². The summed E-state index contributed by atoms with van der Waals surface area (Å²) < 4.78 is 5.82. The van der Waals surface area contributed by atoms with E-state index >= 15 is 0 Å². The number of hydrogen-bond donors (Lipinski definition) is 1. The Morgan fingerprint density at radius 2 is 1.85 bits per heavy atom. The molecule has 0 bridgehead atoms. The predicted molar refractivity (Wildman–Crippen MR) is 96.7 cm³/mol. The molecule has 0 radical (unpaired) electrons. The van der Waals surface area contributed by atoms with E-state index in [1.807, 2.05) is 24.0 Å². The van der Waals surface area contributed by atoms with Crippen molar-refractivity contribution in [2.45, 2.75) is 63.6 Å². The van der Waals surface area contributed by atoms with Crippen molar-refractivity contribution in [3.63, 3.8) is 0 Å². The van der Waals surface area contributed by atoms with Crippen molar-refractivity contribution in [2.75, 3.05) is 13.1 Å². The highest BCUT2D eigenvalue weighted by Crippen LogP contribution is 2.39. The third-order valence-corrected chi connectivity index (χ3v) is 6.06. The Kier molecular flexibility index (Phi) is 4.69. The van der Waals surface area contributed by atoms with Crippen LogP contribution in [0.25, 0.3) is 0 Å². The second kappa shape index (κ2) is 6.99. The molecule has 1 aromatic rings. The number of carbonyl (C=O) groups excluding carboxylic acids is 2. The van der Waals surface area contributed by atoms with E-state index in [0.29, 0.717) is 11.8 Å². The Labute approximate surface area is 154 Å². The first-order chi connectivity index (χ1) is 12.5. The Balaban J connectivity index is 1.34. The molecule has 6 heteroatoms. The summed E-state index contributed by atoms with van der Waals surface area (Å²) in [6.07, 6.45) is 5.53. The quantitative estimate of drug-likeness (QED) is 0.895. The van der Waals surface area contributed by atoms with Gasteiger partial charge in [0.25, 0.3) is 5.91 Å². The maximum Gasteiger partial charge on any atom is 0.255 e. The van der Waals surface area contributed by atoms with Gasteiger partial charge < -0.3 is 15.4 Å². The molecule has 1 aromatic heterocycles. The van der Waals surface area contributed by atoms with Gasteiger partial charge in [0.05, 0.1) is 17.4 Å². The molecule has 26 heavy (non-hydrogen) atoms. The van der Waals surface area contributed by atoms with Crippen molar-refractivity contribution in [3.05, 3.63) is 29.1 Å². The number of primary amides is 1. The van der Waals surface area contributed by atoms with E-state index in [-0.39, 0.29) is 17.9 Å². The minimum atomic E-state index is -0.432. The van der Waals surface area contributed by atoms with Crippen LogP contribution in [0.1, 0.15) is 66.2 Å². The summed E-state index contributed by atoms with van der Waals surface area (Å²) in [5.74, 6) is 0.722. The molecule has 0 unspecified atom stereocenters. The summed E-state index contributed by atoms with van der Waals surface area (Å²) in [5, 5.41) is 0. The van der Waals surface area contributed by atoms with Gasteiger partial charge in [-0.3, -0.25) is 14.6 Å². The Morgan fingerprint density at radius 1 is 1.12 bits per heavy atom. The second-order valence-corrected chi connectivity index (χ2v) is 7.92. The minimum Gasteiger partial charge on any atom is -0.367 e. The largest absolute Gasteiger partial charge is 0.367 e. The van der Waals surface area contributed by atoms with Crippen LogP contribution in [0.3, 0.4) is 0 Å². The van der Waals surface area contributed by atoms with E-state index in [9.17, 15) is 9.59 Å². The van der Waals surface area contributed by atoms with E-state index < -0.39 is 6.10 Å². The SMILES string of the molecule is Cc1nc(C2CC2)ccc1C(=O)N1CCC([C@@H]2CC[C@H](C(N)=O)O2)CC1. The number of carbonyl (C=O) groups is 2. The summed E-state index contributed by atoms with van der Waals surface area (Å²) in [6, 6.07) is 3.96. The number of aryl methyl sites for hydroxylation is 1. The molecule has 1 aliphatic carbocycles. The van der Waals surface area contributed by atoms with Crippen LogP contribution < -0.4 is 5.73 Å². The maximum absolute atomic E-state index is 12.9. The van der Waals surface area contributed by atoms with Crippen LogP contribution in [0.5, 0.6) is 0 Å². The molecule has 2 atom stereocenters. The van der Waals surface area contributed by atoms with Gasteiger partial charge in [-0.2, -0.15) is 0 Å². The summed E-state index contributed by atoms with van der Waals surface area (Å²) in [7, 11) is 0. The molecule has 0 spiro atoms. The summed E-state index contributed by atoms with van der Waals surface area (Å²) in [5.41, 5.74) is 8.02. The first kappa shape index (κ1) is 17.5. The molecule has 6 nitrogen and oxygen atoms in total. The zero-order valence-corrected chi connectivity index (χ0v) is 15.3. The third-order valence-electron chi connectivity index (χ3n) is 6.06. The molecule has 4 rings (SSSR count). The highest BCUT2D eigenvalue weighted by atomic mass is 16.5. The first-order valence-corrected chi connectivity index (χ1v) is 9.74. The van der Waals surface area contributed by atoms with E-state index in [0.717, 1.165) is 55.7 Å². The lowest BCUT2D eigenvalue weighted by Crippen LogP contribution is -2.42. The van der Waals surface area contributed by atoms with Crippen LogP contribution in [-0.2, 0) is 9.53 Å². The predicted octanol–water partition coefficient (Wildman–Crippen LogP) is 2.15. The van der Waals surface area contributed by atoms with Gasteiger partial charge in [0.2, 0.25) is 5.91 Å². The normalized spacial score (nSPS) is 26.9. The molecule has 2 N–H and O–H groups in total. The molecule has 140 valence electrons. The fourth-order valence-electron chi connectivity index (χ4n) is 4.28. The maximum atomic E-state index is 12.9. The van der Waals surface area contributed by atoms with Gasteiger partial charge >= 0.3 is 0 Å². The van der Waals surface area contributed by atoms with Crippen LogP contribution in [-0.4, -0.2) is 47.0 Å². The molecule has 2 amide bonds. The zero-order valence-electron chi connectivity index (χ0n) is 15.3. The topological polar surface area (TPSA) is 85.5 Å². The first-order valence-electron chi connectivity index (χ1n) is 9.74. The summed E-state index contributed by atoms with van der Waals surface area (Å²) in [6.45, 7) is 3.39. The number of aromatic nitrogens is 1. The monoisotopic (exact) mass is 357 g/mol. The Hall–Kier alpha value is -1.95. The molecule has 2 saturated heterocycles. The van der Waals surface area contributed by atoms with Crippen molar-refractivity contribution in [1.29, 1.82) is 0 Å². The second-order valence-electron chi connectivity index (χ2n) is 7.92. The number of ether oxygens (including phenoxy) is 1. The van der Waals surface area contributed by atoms with Gasteiger partial charge in [-0.1, -0.05) is 0 Å². The number of amides is 2. The van der Waals surface area contributed by atoms with Crippen molar-refractivity contribution < 1.29 is 14.3 Å². The highest BCUT2D eigenvalue weighted by Gasteiger charge is 2.36. The number of likely N-dealkylation sites (tertiary alicyclic amines) is 1. The van der Waals surface area contributed by atoms with Gasteiger partial charge in [-0.15, -0.1) is 0 Å². The molecule has 2 aliphatic heterocycles. The van der Waals surface area contributed by atoms with Crippen LogP contribution in [0.15, 0.2) is 12.1 Å². The Bertz CT molecular complexity index is 708. The van der Waals surface area contributed by atoms with E-state index in [1.54, 1.807) is 0 Å². The third kappa shape index (κ3) is 3.47. The molecule has 3 fully saturated rings. The molecular weight excluding hydrogens is 330 g/mol. The number of hydrogen-bond acceptors (Lipinski definition) is 4. The van der Waals surface area contributed by atoms with Crippen LogP contribution in [0.2, 0.25) is 0 Å². The van der Waals surface area contributed by atoms with Gasteiger partial charge in [0.1, 0.15) is 6.10 Å². The molecule has 1 saturated carbocycles. The lowest BCUT2D eigenvalue weighted by atomic mass is 9.89. The number of nitrogens with two attached hydrogens (primary N) is 1. The zero-order chi connectivity index (χ0) is 18.3. The standard InChI is InChI=1S/C20H27N3O3/c1-12-15(4-5-16(22-12)13-2-3-13)20(25)23-10-8-14(9-11-23)17-6-7-18(26-17)19(21)24/h4-5,13-14,17-18H,2-3,6-11H2,1H3,(H2,21,24)/t17-,18+/m0/s1. The van der Waals surface area contributed by atoms with Crippen molar-refractivity contribution >= 4 is 11.8 Å². The molecule has 0 aromatic carbocycles. The smallest absolute Gasteiger partial charge is 0.255 e. The number of piperidine rings is 1. The lowest BCUT2D eigenvalue weighted by Gasteiger charge is -2.34. The van der Waals surface area contributed by atoms with Crippen LogP contribution in [0, 0.1) is 12.8 Å². The molecule has 3 heterocycles. The summed E-state index contributed by atoms with van der Waals surface area (Å²) in [4.78, 5) is 30.7. The number of pyridine rings is 1. The highest BCUT2D eigenvalue weighted by molar-refractivity contribution is 5.95. The van der Waals surface area contributed by atoms with Crippen molar-refractivity contribution in [1.82, 2.24) is 9.88 Å². The number of rotatable bonds is 4. The fraction of sp³-hybridized carbons (Fsp3) is 0.650. The average molecular weight is 357 g/mol. The molecule has 3 aliphatic rings. The van der Waals surface area contributed by atoms with Crippen molar-refractivity contribution in [2.24, 2.45) is 11.7 Å². The minimum absolute atomic E-state index is 0.0816.